The van der Waals surface area contributed by atoms with E-state index in [1.807, 2.05) is 18.2 Å². The molecule has 8 nitrogen and oxygen atoms in total. The third-order valence-electron chi connectivity index (χ3n) is 6.02. The maximum absolute atomic E-state index is 13.5. The second kappa shape index (κ2) is 8.21. The fourth-order valence-electron chi connectivity index (χ4n) is 4.08. The average Bonchev–Trinajstić information content (AvgIpc) is 3.20. The minimum atomic E-state index is -4.53. The molecule has 1 atom stereocenters. The number of aromatic nitrogens is 1. The molecule has 0 saturated carbocycles. The molecular weight excluding hydrogens is 423 g/mol. The second-order valence-corrected chi connectivity index (χ2v) is 8.11. The highest BCUT2D eigenvalue weighted by molar-refractivity contribution is 6.06. The molecule has 0 bridgehead atoms. The van der Waals surface area contributed by atoms with Crippen LogP contribution in [0.25, 0.3) is 0 Å². The lowest BCUT2D eigenvalue weighted by Gasteiger charge is -2.34. The first kappa shape index (κ1) is 22.3. The number of aromatic amines is 1. The molecule has 0 aliphatic carbocycles. The molecule has 174 valence electrons. The minimum absolute atomic E-state index is 0.0876. The zero-order valence-electron chi connectivity index (χ0n) is 18.3. The van der Waals surface area contributed by atoms with E-state index in [1.165, 1.54) is 0 Å². The van der Waals surface area contributed by atoms with Gasteiger partial charge in [-0.25, -0.2) is 4.99 Å². The number of hydrogen-bond donors (Lipinski definition) is 4. The van der Waals surface area contributed by atoms with Crippen molar-refractivity contribution in [2.24, 2.45) is 10.7 Å². The number of H-pyrrole nitrogens is 1. The van der Waals surface area contributed by atoms with Crippen LogP contribution in [0.5, 0.6) is 5.75 Å². The van der Waals surface area contributed by atoms with Crippen LogP contribution in [-0.4, -0.2) is 56.2 Å². The van der Waals surface area contributed by atoms with E-state index in [4.69, 9.17) is 10.5 Å². The lowest BCUT2D eigenvalue weighted by molar-refractivity contribution is -0.138. The molecule has 3 heterocycles. The summed E-state index contributed by atoms with van der Waals surface area (Å²) in [5.41, 5.74) is 5.57. The molecule has 2 aliphatic rings. The van der Waals surface area contributed by atoms with Crippen LogP contribution >= 0.6 is 0 Å². The normalized spacial score (nSPS) is 21.6. The van der Waals surface area contributed by atoms with Crippen molar-refractivity contribution in [3.63, 3.8) is 0 Å². The number of anilines is 3. The zero-order chi connectivity index (χ0) is 23.1. The maximum atomic E-state index is 13.5. The Balaban J connectivity index is 1.60. The van der Waals surface area contributed by atoms with Gasteiger partial charge in [-0.05, 0) is 25.6 Å². The lowest BCUT2D eigenvalue weighted by atomic mass is 9.94. The summed E-state index contributed by atoms with van der Waals surface area (Å²) in [4.78, 5) is 11.6. The SMILES string of the molecule is CCC1(N)N=C(Nc2ccc(N3CCN(C)CC3)cc2OC)Nc2[nH]cc(C(F)(F)F)c21. The molecule has 0 spiro atoms. The molecule has 2 aromatic rings. The number of methoxy groups -OCH3 is 1. The number of rotatable bonds is 4. The largest absolute Gasteiger partial charge is 0.494 e. The first-order valence-corrected chi connectivity index (χ1v) is 10.5. The molecule has 4 rings (SSSR count). The molecule has 5 N–H and O–H groups in total. The number of nitrogens with one attached hydrogen (secondary N) is 3. The van der Waals surface area contributed by atoms with Crippen LogP contribution in [0.2, 0.25) is 0 Å². The van der Waals surface area contributed by atoms with Crippen molar-refractivity contribution < 1.29 is 17.9 Å². The molecule has 1 fully saturated rings. The number of alkyl halides is 3. The predicted molar refractivity (Wildman–Crippen MR) is 119 cm³/mol. The Morgan fingerprint density at radius 2 is 1.97 bits per heavy atom. The summed E-state index contributed by atoms with van der Waals surface area (Å²) in [5, 5.41) is 6.02. The van der Waals surface area contributed by atoms with Crippen LogP contribution < -0.4 is 26.0 Å². The smallest absolute Gasteiger partial charge is 0.418 e. The fraction of sp³-hybridized carbons (Fsp3) is 0.476. The van der Waals surface area contributed by atoms with E-state index in [0.717, 1.165) is 38.1 Å². The number of piperazine rings is 1. The molecule has 32 heavy (non-hydrogen) atoms. The van der Waals surface area contributed by atoms with Crippen LogP contribution in [0.1, 0.15) is 24.5 Å². The number of likely N-dealkylation sites (N-methyl/N-ethyl adjacent to an activating group) is 1. The van der Waals surface area contributed by atoms with Crippen molar-refractivity contribution in [1.29, 1.82) is 0 Å². The minimum Gasteiger partial charge on any atom is -0.494 e. The summed E-state index contributed by atoms with van der Waals surface area (Å²) in [6.45, 7) is 5.51. The zero-order valence-corrected chi connectivity index (χ0v) is 18.3. The lowest BCUT2D eigenvalue weighted by Crippen LogP contribution is -2.44. The van der Waals surface area contributed by atoms with Gasteiger partial charge in [-0.3, -0.25) is 0 Å². The molecule has 1 aromatic carbocycles. The van der Waals surface area contributed by atoms with Crippen LogP contribution in [0, 0.1) is 0 Å². The molecular formula is C21H28F3N7O. The van der Waals surface area contributed by atoms with Gasteiger partial charge in [0.05, 0.1) is 18.4 Å². The average molecular weight is 451 g/mol. The number of nitrogens with zero attached hydrogens (tertiary/aromatic N) is 3. The summed E-state index contributed by atoms with van der Waals surface area (Å²) < 4.78 is 45.9. The number of aliphatic imine (C=N–C) groups is 1. The molecule has 1 unspecified atom stereocenters. The van der Waals surface area contributed by atoms with E-state index < -0.39 is 17.4 Å². The van der Waals surface area contributed by atoms with E-state index in [2.05, 4.69) is 37.5 Å². The monoisotopic (exact) mass is 451 g/mol. The standard InChI is InChI=1S/C21H28F3N7O/c1-4-20(25)17-14(21(22,23)24)12-26-18(17)28-19(29-20)27-15-6-5-13(11-16(15)32-3)31-9-7-30(2)8-10-31/h5-6,11-12,26H,4,7-10,25H2,1-3H3,(H2,27,28,29). The van der Waals surface area contributed by atoms with Crippen molar-refractivity contribution in [1.82, 2.24) is 9.88 Å². The Morgan fingerprint density at radius 3 is 2.59 bits per heavy atom. The number of benzene rings is 1. The van der Waals surface area contributed by atoms with Gasteiger partial charge in [0.25, 0.3) is 0 Å². The van der Waals surface area contributed by atoms with E-state index in [9.17, 15) is 13.2 Å². The van der Waals surface area contributed by atoms with Crippen LogP contribution in [0.4, 0.5) is 30.4 Å². The molecule has 11 heteroatoms. The third kappa shape index (κ3) is 4.09. The van der Waals surface area contributed by atoms with Crippen molar-refractivity contribution in [2.45, 2.75) is 25.2 Å². The van der Waals surface area contributed by atoms with Gasteiger partial charge in [0, 0.05) is 49.7 Å². The van der Waals surface area contributed by atoms with Gasteiger partial charge in [0.15, 0.2) is 0 Å². The van der Waals surface area contributed by atoms with Crippen LogP contribution in [0.3, 0.4) is 0 Å². The number of ether oxygens (including phenoxy) is 1. The molecule has 1 saturated heterocycles. The predicted octanol–water partition coefficient (Wildman–Crippen LogP) is 3.21. The number of nitrogens with two attached hydrogens (primary N) is 1. The van der Waals surface area contributed by atoms with Gasteiger partial charge in [-0.15, -0.1) is 0 Å². The summed E-state index contributed by atoms with van der Waals surface area (Å²) in [7, 11) is 3.67. The molecule has 2 aliphatic heterocycles. The van der Waals surface area contributed by atoms with Crippen molar-refractivity contribution in [2.75, 3.05) is 55.9 Å². The van der Waals surface area contributed by atoms with Gasteiger partial charge in [-0.2, -0.15) is 13.2 Å². The Hall–Kier alpha value is -2.92. The maximum Gasteiger partial charge on any atom is 0.418 e. The Morgan fingerprint density at radius 1 is 1.25 bits per heavy atom. The number of fused-ring (bicyclic) bond motifs is 1. The van der Waals surface area contributed by atoms with E-state index in [0.29, 0.717) is 11.4 Å². The quantitative estimate of drug-likeness (QED) is 0.571. The number of guanidine groups is 1. The molecule has 1 aromatic heterocycles. The van der Waals surface area contributed by atoms with Gasteiger partial charge >= 0.3 is 6.18 Å². The van der Waals surface area contributed by atoms with Crippen LogP contribution in [0.15, 0.2) is 29.4 Å². The van der Waals surface area contributed by atoms with E-state index in [-0.39, 0.29) is 23.8 Å². The van der Waals surface area contributed by atoms with Gasteiger partial charge in [-0.1, -0.05) is 6.92 Å². The van der Waals surface area contributed by atoms with Crippen molar-refractivity contribution in [3.05, 3.63) is 35.5 Å². The van der Waals surface area contributed by atoms with Crippen LogP contribution in [-0.2, 0) is 11.8 Å². The first-order valence-electron chi connectivity index (χ1n) is 10.5. The number of halogens is 3. The molecule has 0 radical (unpaired) electrons. The highest BCUT2D eigenvalue weighted by Crippen LogP contribution is 2.43. The van der Waals surface area contributed by atoms with Gasteiger partial charge < -0.3 is 35.9 Å². The third-order valence-corrected chi connectivity index (χ3v) is 6.02. The first-order chi connectivity index (χ1) is 15.1. The van der Waals surface area contributed by atoms with Gasteiger partial charge in [0.1, 0.15) is 17.2 Å². The topological polar surface area (TPSA) is 93.9 Å². The fourth-order valence-corrected chi connectivity index (χ4v) is 4.08. The summed E-state index contributed by atoms with van der Waals surface area (Å²) in [5.74, 6) is 1.01. The Labute approximate surface area is 184 Å². The Kier molecular flexibility index (Phi) is 5.72. The number of hydrogen-bond acceptors (Lipinski definition) is 7. The Bertz CT molecular complexity index is 1010. The summed E-state index contributed by atoms with van der Waals surface area (Å²) in [6.07, 6.45) is -3.43. The summed E-state index contributed by atoms with van der Waals surface area (Å²) in [6, 6.07) is 5.79. The second-order valence-electron chi connectivity index (χ2n) is 8.11. The van der Waals surface area contributed by atoms with Crippen molar-refractivity contribution in [3.8, 4) is 5.75 Å². The highest BCUT2D eigenvalue weighted by Gasteiger charge is 2.44. The van der Waals surface area contributed by atoms with Gasteiger partial charge in [0.2, 0.25) is 5.96 Å². The highest BCUT2D eigenvalue weighted by atomic mass is 19.4. The van der Waals surface area contributed by atoms with E-state index in [1.54, 1.807) is 14.0 Å². The summed E-state index contributed by atoms with van der Waals surface area (Å²) >= 11 is 0. The molecule has 0 amide bonds. The van der Waals surface area contributed by atoms with Crippen molar-refractivity contribution >= 4 is 23.2 Å². The van der Waals surface area contributed by atoms with E-state index >= 15 is 0 Å².